The number of rotatable bonds is 4. The first-order valence-electron chi connectivity index (χ1n) is 9.18. The molecule has 0 radical (unpaired) electrons. The Bertz CT molecular complexity index is 636. The molecule has 0 spiro atoms. The lowest BCUT2D eigenvalue weighted by Crippen LogP contribution is -2.53. The molecule has 2 aliphatic carbocycles. The summed E-state index contributed by atoms with van der Waals surface area (Å²) in [6.45, 7) is 8.39. The first-order valence-corrected chi connectivity index (χ1v) is 9.18. The van der Waals surface area contributed by atoms with Crippen LogP contribution in [0, 0.1) is 22.7 Å². The Morgan fingerprint density at radius 2 is 2.12 bits per heavy atom. The van der Waals surface area contributed by atoms with Crippen molar-refractivity contribution in [2.75, 3.05) is 0 Å². The van der Waals surface area contributed by atoms with E-state index in [1.165, 1.54) is 11.6 Å². The molecular formula is C20H28O5. The second-order valence-electron chi connectivity index (χ2n) is 8.43. The van der Waals surface area contributed by atoms with Gasteiger partial charge in [0.2, 0.25) is 6.29 Å². The van der Waals surface area contributed by atoms with E-state index in [4.69, 9.17) is 4.74 Å². The van der Waals surface area contributed by atoms with Gasteiger partial charge in [-0.1, -0.05) is 25.5 Å². The van der Waals surface area contributed by atoms with E-state index < -0.39 is 23.6 Å². The maximum Gasteiger partial charge on any atom is 0.333 e. The molecule has 5 nitrogen and oxygen atoms in total. The van der Waals surface area contributed by atoms with Crippen LogP contribution in [0.2, 0.25) is 0 Å². The van der Waals surface area contributed by atoms with Gasteiger partial charge in [-0.25, -0.2) is 4.79 Å². The van der Waals surface area contributed by atoms with Gasteiger partial charge in [-0.05, 0) is 62.7 Å². The van der Waals surface area contributed by atoms with Gasteiger partial charge in [0, 0.05) is 11.6 Å². The number of aliphatic hydroxyl groups is 1. The molecule has 0 aromatic rings. The van der Waals surface area contributed by atoms with Crippen molar-refractivity contribution in [1.82, 2.24) is 0 Å². The maximum atomic E-state index is 12.0. The van der Waals surface area contributed by atoms with Crippen LogP contribution < -0.4 is 0 Å². The fraction of sp³-hybridized carbons (Fsp3) is 0.700. The topological polar surface area (TPSA) is 83.8 Å². The molecular weight excluding hydrogens is 320 g/mol. The molecule has 0 amide bonds. The van der Waals surface area contributed by atoms with Crippen LogP contribution in [0.5, 0.6) is 0 Å². The number of ether oxygens (including phenoxy) is 1. The number of carbonyl (C=O) groups is 2. The lowest BCUT2D eigenvalue weighted by molar-refractivity contribution is -0.164. The van der Waals surface area contributed by atoms with Gasteiger partial charge in [0.1, 0.15) is 0 Å². The third kappa shape index (κ3) is 2.92. The van der Waals surface area contributed by atoms with E-state index >= 15 is 0 Å². The van der Waals surface area contributed by atoms with E-state index in [0.717, 1.165) is 38.5 Å². The minimum absolute atomic E-state index is 0.101. The zero-order valence-corrected chi connectivity index (χ0v) is 15.1. The number of hydrogen-bond acceptors (Lipinski definition) is 4. The van der Waals surface area contributed by atoms with Gasteiger partial charge in [0.25, 0.3) is 0 Å². The van der Waals surface area contributed by atoms with E-state index in [9.17, 15) is 19.8 Å². The number of esters is 1. The highest BCUT2D eigenvalue weighted by Gasteiger charge is 2.57. The number of fused-ring (bicyclic) bond motifs is 1. The van der Waals surface area contributed by atoms with Crippen molar-refractivity contribution in [1.29, 1.82) is 0 Å². The van der Waals surface area contributed by atoms with Crippen LogP contribution in [-0.4, -0.2) is 28.4 Å². The molecule has 5 heteroatoms. The monoisotopic (exact) mass is 348 g/mol. The van der Waals surface area contributed by atoms with Crippen LogP contribution >= 0.6 is 0 Å². The second-order valence-corrected chi connectivity index (χ2v) is 8.43. The smallest absolute Gasteiger partial charge is 0.333 e. The summed E-state index contributed by atoms with van der Waals surface area (Å²) in [6.07, 6.45) is 5.94. The summed E-state index contributed by atoms with van der Waals surface area (Å²) in [5, 5.41) is 19.6. The van der Waals surface area contributed by atoms with Crippen LogP contribution in [0.4, 0.5) is 0 Å². The average Bonchev–Trinajstić information content (AvgIpc) is 2.84. The van der Waals surface area contributed by atoms with Crippen LogP contribution in [0.1, 0.15) is 58.8 Å². The molecule has 138 valence electrons. The van der Waals surface area contributed by atoms with E-state index in [1.807, 2.05) is 6.92 Å². The summed E-state index contributed by atoms with van der Waals surface area (Å²) in [5.74, 6) is -0.857. The summed E-state index contributed by atoms with van der Waals surface area (Å²) < 4.78 is 4.76. The van der Waals surface area contributed by atoms with Crippen molar-refractivity contribution in [2.24, 2.45) is 22.7 Å². The Kier molecular flexibility index (Phi) is 4.56. The number of carbonyl (C=O) groups excluding carboxylic acids is 1. The van der Waals surface area contributed by atoms with Gasteiger partial charge in [-0.2, -0.15) is 0 Å². The standard InChI is InChI=1S/C20H28O5/c1-12-5-8-15-19(2,9-4-10-20(15,3)18(23)24)14(12)7-6-13-11-16(21)25-17(13)22/h11,14-15,17,22H,1,4-10H2,2-3H3,(H,23,24)/t14-,15-,17?,19+,20-/m1/s1. The summed E-state index contributed by atoms with van der Waals surface area (Å²) in [4.78, 5) is 23.3. The van der Waals surface area contributed by atoms with E-state index in [2.05, 4.69) is 13.5 Å². The summed E-state index contributed by atoms with van der Waals surface area (Å²) in [5.41, 5.74) is 1.00. The minimum atomic E-state index is -1.14. The number of carboxylic acid groups (broad SMARTS) is 1. The van der Waals surface area contributed by atoms with Gasteiger partial charge >= 0.3 is 11.9 Å². The Labute approximate surface area is 148 Å². The summed E-state index contributed by atoms with van der Waals surface area (Å²) in [7, 11) is 0. The highest BCUT2D eigenvalue weighted by Crippen LogP contribution is 2.62. The Balaban J connectivity index is 1.83. The molecule has 1 aliphatic heterocycles. The van der Waals surface area contributed by atoms with Gasteiger partial charge in [-0.15, -0.1) is 0 Å². The zero-order valence-electron chi connectivity index (χ0n) is 15.1. The van der Waals surface area contributed by atoms with Crippen molar-refractivity contribution in [3.05, 3.63) is 23.8 Å². The van der Waals surface area contributed by atoms with Crippen molar-refractivity contribution < 1.29 is 24.5 Å². The molecule has 2 fully saturated rings. The Hall–Kier alpha value is -1.62. The molecule has 3 rings (SSSR count). The van der Waals surface area contributed by atoms with E-state index in [1.54, 1.807) is 0 Å². The Morgan fingerprint density at radius 1 is 1.40 bits per heavy atom. The van der Waals surface area contributed by atoms with Crippen molar-refractivity contribution in [3.63, 3.8) is 0 Å². The van der Waals surface area contributed by atoms with Crippen molar-refractivity contribution in [2.45, 2.75) is 65.1 Å². The van der Waals surface area contributed by atoms with E-state index in [0.29, 0.717) is 12.0 Å². The lowest BCUT2D eigenvalue weighted by Gasteiger charge is -2.57. The zero-order chi connectivity index (χ0) is 18.4. The highest BCUT2D eigenvalue weighted by molar-refractivity contribution is 5.85. The number of hydrogen-bond donors (Lipinski definition) is 2. The molecule has 1 heterocycles. The van der Waals surface area contributed by atoms with Gasteiger partial charge < -0.3 is 14.9 Å². The van der Waals surface area contributed by atoms with Gasteiger partial charge in [0.15, 0.2) is 0 Å². The molecule has 0 saturated heterocycles. The highest BCUT2D eigenvalue weighted by atomic mass is 16.6. The number of allylic oxidation sites excluding steroid dienone is 1. The molecule has 2 saturated carbocycles. The first kappa shape index (κ1) is 18.2. The molecule has 0 aromatic heterocycles. The number of cyclic esters (lactones) is 1. The maximum absolute atomic E-state index is 12.0. The van der Waals surface area contributed by atoms with Crippen molar-refractivity contribution >= 4 is 11.9 Å². The third-order valence-corrected chi connectivity index (χ3v) is 7.08. The molecule has 5 atom stereocenters. The predicted octanol–water partition coefficient (Wildman–Crippen LogP) is 3.43. The summed E-state index contributed by atoms with van der Waals surface area (Å²) >= 11 is 0. The van der Waals surface area contributed by atoms with Crippen LogP contribution in [-0.2, 0) is 14.3 Å². The number of carboxylic acids is 1. The first-order chi connectivity index (χ1) is 11.7. The van der Waals surface area contributed by atoms with Crippen LogP contribution in [0.25, 0.3) is 0 Å². The molecule has 3 aliphatic rings. The average molecular weight is 348 g/mol. The van der Waals surface area contributed by atoms with Gasteiger partial charge in [0.05, 0.1) is 5.41 Å². The molecule has 1 unspecified atom stereocenters. The predicted molar refractivity (Wildman–Crippen MR) is 92.5 cm³/mol. The fourth-order valence-electron chi connectivity index (χ4n) is 5.69. The molecule has 0 aromatic carbocycles. The third-order valence-electron chi connectivity index (χ3n) is 7.08. The van der Waals surface area contributed by atoms with Gasteiger partial charge in [-0.3, -0.25) is 4.79 Å². The van der Waals surface area contributed by atoms with Crippen molar-refractivity contribution in [3.8, 4) is 0 Å². The minimum Gasteiger partial charge on any atom is -0.481 e. The van der Waals surface area contributed by atoms with E-state index in [-0.39, 0.29) is 17.3 Å². The number of aliphatic carboxylic acids is 1. The lowest BCUT2D eigenvalue weighted by atomic mass is 9.46. The largest absolute Gasteiger partial charge is 0.481 e. The molecule has 0 bridgehead atoms. The molecule has 25 heavy (non-hydrogen) atoms. The Morgan fingerprint density at radius 3 is 2.72 bits per heavy atom. The summed E-state index contributed by atoms with van der Waals surface area (Å²) in [6, 6.07) is 0. The SMILES string of the molecule is C=C1CC[C@@H]2[C@@](C)(CCC[C@@]2(C)C(=O)O)[C@@H]1CCC1=CC(=O)OC1O. The fourth-order valence-corrected chi connectivity index (χ4v) is 5.69. The second kappa shape index (κ2) is 6.27. The number of aliphatic hydroxyl groups excluding tert-OH is 1. The van der Waals surface area contributed by atoms with Crippen LogP contribution in [0.15, 0.2) is 23.8 Å². The quantitative estimate of drug-likeness (QED) is 0.601. The normalized spacial score (nSPS) is 41.1. The molecule has 2 N–H and O–H groups in total. The van der Waals surface area contributed by atoms with Crippen LogP contribution in [0.3, 0.4) is 0 Å².